The van der Waals surface area contributed by atoms with Crippen LogP contribution >= 0.6 is 0 Å². The number of rotatable bonds is 5. The molecule has 5 nitrogen and oxygen atoms in total. The topological polar surface area (TPSA) is 74.2 Å². The highest BCUT2D eigenvalue weighted by Gasteiger charge is 2.36. The third kappa shape index (κ3) is 2.41. The molecule has 2 N–H and O–H groups in total. The fourth-order valence-electron chi connectivity index (χ4n) is 1.39. The molecular formula is C11H21N3O2. The molecule has 1 rings (SSSR count). The average molecular weight is 227 g/mol. The molecule has 5 heteroatoms. The van der Waals surface area contributed by atoms with Gasteiger partial charge in [-0.25, -0.2) is 0 Å². The summed E-state index contributed by atoms with van der Waals surface area (Å²) in [6, 6.07) is 0. The quantitative estimate of drug-likeness (QED) is 0.827. The Kier molecular flexibility index (Phi) is 4.04. The standard InChI is InChI=1S/C11H21N3O2/c1-7(2)9-13-10(14-16-9)11(12,6-15-5)8(3)4/h7-8H,6,12H2,1-5H3. The van der Waals surface area contributed by atoms with E-state index in [-0.39, 0.29) is 11.8 Å². The average Bonchev–Trinajstić information content (AvgIpc) is 2.66. The summed E-state index contributed by atoms with van der Waals surface area (Å²) in [5.74, 6) is 1.51. The first kappa shape index (κ1) is 13.1. The molecule has 0 aliphatic rings. The number of methoxy groups -OCH3 is 1. The highest BCUT2D eigenvalue weighted by atomic mass is 16.5. The van der Waals surface area contributed by atoms with Crippen molar-refractivity contribution in [1.82, 2.24) is 10.1 Å². The SMILES string of the molecule is COCC(N)(c1noc(C(C)C)n1)C(C)C. The van der Waals surface area contributed by atoms with Gasteiger partial charge >= 0.3 is 0 Å². The van der Waals surface area contributed by atoms with Gasteiger partial charge in [-0.15, -0.1) is 0 Å². The molecule has 0 aliphatic heterocycles. The first-order valence-corrected chi connectivity index (χ1v) is 5.53. The van der Waals surface area contributed by atoms with Crippen LogP contribution in [0.2, 0.25) is 0 Å². The maximum atomic E-state index is 6.28. The lowest BCUT2D eigenvalue weighted by Crippen LogP contribution is -2.47. The Morgan fingerprint density at radius 2 is 2.00 bits per heavy atom. The highest BCUT2D eigenvalue weighted by Crippen LogP contribution is 2.26. The first-order chi connectivity index (χ1) is 7.41. The molecule has 1 heterocycles. The van der Waals surface area contributed by atoms with Crippen LogP contribution in [0.3, 0.4) is 0 Å². The molecule has 0 spiro atoms. The summed E-state index contributed by atoms with van der Waals surface area (Å²) in [5, 5.41) is 3.96. The zero-order valence-corrected chi connectivity index (χ0v) is 10.7. The summed E-state index contributed by atoms with van der Waals surface area (Å²) >= 11 is 0. The molecule has 1 atom stereocenters. The first-order valence-electron chi connectivity index (χ1n) is 5.53. The number of ether oxygens (including phenoxy) is 1. The van der Waals surface area contributed by atoms with Crippen LogP contribution in [-0.2, 0) is 10.3 Å². The maximum absolute atomic E-state index is 6.28. The minimum atomic E-state index is -0.689. The molecule has 0 aliphatic carbocycles. The van der Waals surface area contributed by atoms with Crippen molar-refractivity contribution >= 4 is 0 Å². The highest BCUT2D eigenvalue weighted by molar-refractivity contribution is 5.07. The van der Waals surface area contributed by atoms with Crippen molar-refractivity contribution in [3.8, 4) is 0 Å². The van der Waals surface area contributed by atoms with Crippen LogP contribution in [0.1, 0.15) is 45.3 Å². The normalized spacial score (nSPS) is 15.8. The Balaban J connectivity index is 3.02. The molecule has 92 valence electrons. The van der Waals surface area contributed by atoms with Gasteiger partial charge in [0.15, 0.2) is 5.82 Å². The smallest absolute Gasteiger partial charge is 0.229 e. The van der Waals surface area contributed by atoms with Crippen molar-refractivity contribution < 1.29 is 9.26 Å². The van der Waals surface area contributed by atoms with Crippen molar-refractivity contribution in [2.45, 2.75) is 39.2 Å². The van der Waals surface area contributed by atoms with E-state index in [1.807, 2.05) is 27.7 Å². The fraction of sp³-hybridized carbons (Fsp3) is 0.818. The Hall–Kier alpha value is -0.940. The van der Waals surface area contributed by atoms with Crippen LogP contribution in [0.25, 0.3) is 0 Å². The fourth-order valence-corrected chi connectivity index (χ4v) is 1.39. The van der Waals surface area contributed by atoms with E-state index in [1.54, 1.807) is 7.11 Å². The van der Waals surface area contributed by atoms with Crippen LogP contribution in [0, 0.1) is 5.92 Å². The van der Waals surface area contributed by atoms with Gasteiger partial charge in [-0.3, -0.25) is 0 Å². The molecule has 1 aromatic rings. The van der Waals surface area contributed by atoms with E-state index in [0.29, 0.717) is 18.3 Å². The predicted molar refractivity (Wildman–Crippen MR) is 61.0 cm³/mol. The van der Waals surface area contributed by atoms with Gasteiger partial charge in [0.25, 0.3) is 0 Å². The Bertz CT molecular complexity index is 336. The lowest BCUT2D eigenvalue weighted by Gasteiger charge is -2.29. The summed E-state index contributed by atoms with van der Waals surface area (Å²) in [6.45, 7) is 8.42. The van der Waals surface area contributed by atoms with E-state index in [9.17, 15) is 0 Å². The van der Waals surface area contributed by atoms with Crippen molar-refractivity contribution in [2.24, 2.45) is 11.7 Å². The van der Waals surface area contributed by atoms with Gasteiger partial charge in [0.1, 0.15) is 5.54 Å². The second-order valence-corrected chi connectivity index (χ2v) is 4.74. The Labute approximate surface area is 96.4 Å². The molecule has 1 unspecified atom stereocenters. The minimum Gasteiger partial charge on any atom is -0.382 e. The number of nitrogens with zero attached hydrogens (tertiary/aromatic N) is 2. The molecule has 0 amide bonds. The second kappa shape index (κ2) is 4.93. The molecule has 16 heavy (non-hydrogen) atoms. The van der Waals surface area contributed by atoms with E-state index in [4.69, 9.17) is 15.0 Å². The molecule has 1 aromatic heterocycles. The number of hydrogen-bond donors (Lipinski definition) is 1. The van der Waals surface area contributed by atoms with E-state index in [0.717, 1.165) is 0 Å². The third-order valence-corrected chi connectivity index (χ3v) is 2.77. The number of hydrogen-bond acceptors (Lipinski definition) is 5. The van der Waals surface area contributed by atoms with Gasteiger partial charge in [-0.1, -0.05) is 32.9 Å². The van der Waals surface area contributed by atoms with Crippen LogP contribution < -0.4 is 5.73 Å². The Morgan fingerprint density at radius 1 is 1.38 bits per heavy atom. The summed E-state index contributed by atoms with van der Waals surface area (Å²) in [7, 11) is 1.62. The van der Waals surface area contributed by atoms with E-state index < -0.39 is 5.54 Å². The van der Waals surface area contributed by atoms with Crippen LogP contribution in [0.4, 0.5) is 0 Å². The van der Waals surface area contributed by atoms with Crippen LogP contribution in [0.5, 0.6) is 0 Å². The van der Waals surface area contributed by atoms with Crippen LogP contribution in [0.15, 0.2) is 4.52 Å². The maximum Gasteiger partial charge on any atom is 0.229 e. The molecule has 0 aromatic carbocycles. The van der Waals surface area contributed by atoms with Gasteiger partial charge in [0.2, 0.25) is 5.89 Å². The lowest BCUT2D eigenvalue weighted by molar-refractivity contribution is 0.0965. The summed E-state index contributed by atoms with van der Waals surface area (Å²) in [4.78, 5) is 4.34. The van der Waals surface area contributed by atoms with E-state index in [1.165, 1.54) is 0 Å². The van der Waals surface area contributed by atoms with Crippen molar-refractivity contribution in [1.29, 1.82) is 0 Å². The lowest BCUT2D eigenvalue weighted by atomic mass is 9.87. The largest absolute Gasteiger partial charge is 0.382 e. The summed E-state index contributed by atoms with van der Waals surface area (Å²) in [5.41, 5.74) is 5.59. The Morgan fingerprint density at radius 3 is 2.38 bits per heavy atom. The predicted octanol–water partition coefficient (Wildman–Crippen LogP) is 1.65. The zero-order valence-electron chi connectivity index (χ0n) is 10.7. The van der Waals surface area contributed by atoms with Crippen molar-refractivity contribution in [3.05, 3.63) is 11.7 Å². The molecular weight excluding hydrogens is 206 g/mol. The monoisotopic (exact) mass is 227 g/mol. The van der Waals surface area contributed by atoms with E-state index >= 15 is 0 Å². The van der Waals surface area contributed by atoms with Gasteiger partial charge in [-0.05, 0) is 5.92 Å². The third-order valence-electron chi connectivity index (χ3n) is 2.77. The number of nitrogens with two attached hydrogens (primary N) is 1. The second-order valence-electron chi connectivity index (χ2n) is 4.74. The summed E-state index contributed by atoms with van der Waals surface area (Å²) in [6.07, 6.45) is 0. The van der Waals surface area contributed by atoms with Gasteiger partial charge < -0.3 is 15.0 Å². The molecule has 0 fully saturated rings. The molecule has 0 saturated heterocycles. The van der Waals surface area contributed by atoms with Gasteiger partial charge in [-0.2, -0.15) is 4.98 Å². The summed E-state index contributed by atoms with van der Waals surface area (Å²) < 4.78 is 10.3. The zero-order chi connectivity index (χ0) is 12.3. The molecule has 0 saturated carbocycles. The van der Waals surface area contributed by atoms with Crippen LogP contribution in [-0.4, -0.2) is 23.9 Å². The molecule has 0 bridgehead atoms. The van der Waals surface area contributed by atoms with Crippen molar-refractivity contribution in [2.75, 3.05) is 13.7 Å². The van der Waals surface area contributed by atoms with E-state index in [2.05, 4.69) is 10.1 Å². The molecule has 0 radical (unpaired) electrons. The van der Waals surface area contributed by atoms with Crippen molar-refractivity contribution in [3.63, 3.8) is 0 Å². The number of aromatic nitrogens is 2. The van der Waals surface area contributed by atoms with Gasteiger partial charge in [0.05, 0.1) is 6.61 Å². The van der Waals surface area contributed by atoms with Gasteiger partial charge in [0, 0.05) is 13.0 Å². The minimum absolute atomic E-state index is 0.171.